The van der Waals surface area contributed by atoms with Crippen molar-refractivity contribution in [1.29, 1.82) is 0 Å². The van der Waals surface area contributed by atoms with Crippen LogP contribution in [0.4, 0.5) is 0 Å². The van der Waals surface area contributed by atoms with Gasteiger partial charge in [-0.1, -0.05) is 47.5 Å². The lowest BCUT2D eigenvalue weighted by Gasteiger charge is -2.33. The van der Waals surface area contributed by atoms with Gasteiger partial charge in [-0.05, 0) is 92.2 Å². The number of rotatable bonds is 5. The molecule has 194 valence electrons. The first-order chi connectivity index (χ1) is 17.9. The van der Waals surface area contributed by atoms with E-state index in [1.807, 2.05) is 48.5 Å². The van der Waals surface area contributed by atoms with Gasteiger partial charge in [0.05, 0.1) is 31.3 Å². The summed E-state index contributed by atoms with van der Waals surface area (Å²) in [6.07, 6.45) is 6.51. The number of carbonyl (C=O) groups is 2. The zero-order valence-electron chi connectivity index (χ0n) is 20.9. The third-order valence-electron chi connectivity index (χ3n) is 7.66. The monoisotopic (exact) mass is 539 g/mol. The summed E-state index contributed by atoms with van der Waals surface area (Å²) in [6.45, 7) is 1.65. The van der Waals surface area contributed by atoms with Gasteiger partial charge in [-0.25, -0.2) is 5.01 Å². The van der Waals surface area contributed by atoms with Gasteiger partial charge in [-0.2, -0.15) is 5.10 Å². The van der Waals surface area contributed by atoms with Crippen molar-refractivity contribution in [2.24, 2.45) is 16.9 Å². The maximum absolute atomic E-state index is 13.7. The van der Waals surface area contributed by atoms with Crippen LogP contribution in [0.25, 0.3) is 6.08 Å². The van der Waals surface area contributed by atoms with E-state index >= 15 is 0 Å². The number of hydrogen-bond donors (Lipinski definition) is 0. The molecule has 0 radical (unpaired) electrons. The van der Waals surface area contributed by atoms with Crippen molar-refractivity contribution in [2.75, 3.05) is 26.7 Å². The van der Waals surface area contributed by atoms with Crippen molar-refractivity contribution < 1.29 is 14.3 Å². The van der Waals surface area contributed by atoms with Crippen LogP contribution in [-0.4, -0.2) is 54.2 Å². The molecule has 0 bridgehead atoms. The molecule has 2 atom stereocenters. The van der Waals surface area contributed by atoms with Gasteiger partial charge in [0.15, 0.2) is 0 Å². The highest BCUT2D eigenvalue weighted by Crippen LogP contribution is 2.44. The SMILES string of the molecule is COC(=O)C1CCN(CC(=O)N2N=C3/C(=C\c4ccc(Cl)cc4)CCC[C@@H]3[C@H]2c2ccc(Cl)cc2)CC1. The lowest BCUT2D eigenvalue weighted by Crippen LogP contribution is -2.43. The average Bonchev–Trinajstić information content (AvgIpc) is 3.31. The average molecular weight is 540 g/mol. The summed E-state index contributed by atoms with van der Waals surface area (Å²) < 4.78 is 4.90. The molecule has 0 spiro atoms. The molecule has 3 aliphatic rings. The Hall–Kier alpha value is -2.67. The summed E-state index contributed by atoms with van der Waals surface area (Å²) in [5.41, 5.74) is 4.29. The molecule has 1 saturated heterocycles. The quantitative estimate of drug-likeness (QED) is 0.437. The van der Waals surface area contributed by atoms with E-state index in [-0.39, 0.29) is 36.3 Å². The first kappa shape index (κ1) is 26.0. The maximum Gasteiger partial charge on any atom is 0.308 e. The highest BCUT2D eigenvalue weighted by molar-refractivity contribution is 6.30. The fraction of sp³-hybridized carbons (Fsp3) is 0.414. The molecule has 6 nitrogen and oxygen atoms in total. The highest BCUT2D eigenvalue weighted by Gasteiger charge is 2.44. The van der Waals surface area contributed by atoms with Crippen molar-refractivity contribution in [1.82, 2.24) is 9.91 Å². The zero-order chi connectivity index (χ0) is 25.9. The maximum atomic E-state index is 13.7. The molecule has 1 saturated carbocycles. The van der Waals surface area contributed by atoms with Gasteiger partial charge in [-0.3, -0.25) is 14.5 Å². The van der Waals surface area contributed by atoms with Crippen LogP contribution in [0.2, 0.25) is 10.0 Å². The summed E-state index contributed by atoms with van der Waals surface area (Å²) in [5, 5.41) is 8.06. The molecule has 2 aromatic rings. The number of piperidine rings is 1. The molecule has 0 aromatic heterocycles. The third kappa shape index (κ3) is 5.77. The van der Waals surface area contributed by atoms with E-state index in [0.717, 1.165) is 36.1 Å². The van der Waals surface area contributed by atoms with Crippen LogP contribution < -0.4 is 0 Å². The molecule has 37 heavy (non-hydrogen) atoms. The Morgan fingerprint density at radius 1 is 1.00 bits per heavy atom. The lowest BCUT2D eigenvalue weighted by molar-refractivity contribution is -0.147. The van der Waals surface area contributed by atoms with Gasteiger partial charge in [0.25, 0.3) is 5.91 Å². The van der Waals surface area contributed by atoms with Gasteiger partial charge in [-0.15, -0.1) is 0 Å². The van der Waals surface area contributed by atoms with E-state index < -0.39 is 0 Å². The number of nitrogens with zero attached hydrogens (tertiary/aromatic N) is 3. The van der Waals surface area contributed by atoms with Crippen LogP contribution >= 0.6 is 23.2 Å². The highest BCUT2D eigenvalue weighted by atomic mass is 35.5. The third-order valence-corrected chi connectivity index (χ3v) is 8.16. The predicted octanol–water partition coefficient (Wildman–Crippen LogP) is 6.00. The number of esters is 1. The fourth-order valence-corrected chi connectivity index (χ4v) is 5.97. The molecular weight excluding hydrogens is 509 g/mol. The molecule has 0 N–H and O–H groups in total. The van der Waals surface area contributed by atoms with E-state index in [9.17, 15) is 9.59 Å². The topological polar surface area (TPSA) is 62.2 Å². The number of likely N-dealkylation sites (tertiary alicyclic amines) is 1. The Morgan fingerprint density at radius 3 is 2.30 bits per heavy atom. The van der Waals surface area contributed by atoms with E-state index in [4.69, 9.17) is 33.0 Å². The molecule has 0 unspecified atom stereocenters. The first-order valence-electron chi connectivity index (χ1n) is 12.9. The molecular formula is C29H31Cl2N3O3. The molecule has 8 heteroatoms. The number of benzene rings is 2. The standard InChI is InChI=1S/C29H31Cl2N3O3/c1-37-29(36)21-13-15-33(16-14-21)18-26(35)34-28(20-7-11-24(31)12-8-20)25-4-2-3-22(27(25)32-34)17-19-5-9-23(30)10-6-19/h5-12,17,21,25,28H,2-4,13-16,18H2,1H3/b22-17-/t25-,28+/m0/s1. The lowest BCUT2D eigenvalue weighted by atomic mass is 9.77. The minimum Gasteiger partial charge on any atom is -0.469 e. The zero-order valence-corrected chi connectivity index (χ0v) is 22.4. The number of hydrogen-bond acceptors (Lipinski definition) is 5. The molecule has 2 fully saturated rings. The van der Waals surface area contributed by atoms with Crippen molar-refractivity contribution >= 4 is 46.9 Å². The van der Waals surface area contributed by atoms with Gasteiger partial charge >= 0.3 is 5.97 Å². The number of methoxy groups -OCH3 is 1. The fourth-order valence-electron chi connectivity index (χ4n) is 5.72. The predicted molar refractivity (Wildman–Crippen MR) is 146 cm³/mol. The molecule has 5 rings (SSSR count). The molecule has 1 amide bonds. The Kier molecular flexibility index (Phi) is 7.98. The van der Waals surface area contributed by atoms with Crippen molar-refractivity contribution in [2.45, 2.75) is 38.1 Å². The Labute approximate surface area is 227 Å². The second-order valence-corrected chi connectivity index (χ2v) is 10.9. The Balaban J connectivity index is 1.40. The summed E-state index contributed by atoms with van der Waals surface area (Å²) in [4.78, 5) is 27.7. The van der Waals surface area contributed by atoms with Crippen LogP contribution in [-0.2, 0) is 14.3 Å². The van der Waals surface area contributed by atoms with E-state index in [1.54, 1.807) is 5.01 Å². The Morgan fingerprint density at radius 2 is 1.65 bits per heavy atom. The van der Waals surface area contributed by atoms with Gasteiger partial charge in [0.1, 0.15) is 0 Å². The van der Waals surface area contributed by atoms with Crippen LogP contribution in [0.3, 0.4) is 0 Å². The summed E-state index contributed by atoms with van der Waals surface area (Å²) in [6, 6.07) is 15.4. The largest absolute Gasteiger partial charge is 0.469 e. The molecule has 2 aromatic carbocycles. The number of amides is 1. The summed E-state index contributed by atoms with van der Waals surface area (Å²) in [5.74, 6) is -0.149. The molecule has 1 aliphatic carbocycles. The minimum atomic E-state index is -0.165. The van der Waals surface area contributed by atoms with Gasteiger partial charge in [0, 0.05) is 16.0 Å². The first-order valence-corrected chi connectivity index (χ1v) is 13.6. The van der Waals surface area contributed by atoms with Crippen LogP contribution in [0.1, 0.15) is 49.3 Å². The van der Waals surface area contributed by atoms with Gasteiger partial charge < -0.3 is 4.74 Å². The molecule has 2 heterocycles. The Bertz CT molecular complexity index is 1200. The number of carbonyl (C=O) groups excluding carboxylic acids is 2. The van der Waals surface area contributed by atoms with Crippen LogP contribution in [0.15, 0.2) is 59.2 Å². The van der Waals surface area contributed by atoms with Crippen LogP contribution in [0, 0.1) is 11.8 Å². The van der Waals surface area contributed by atoms with E-state index in [1.165, 1.54) is 12.7 Å². The minimum absolute atomic E-state index is 0.0239. The normalized spacial score (nSPS) is 23.6. The summed E-state index contributed by atoms with van der Waals surface area (Å²) >= 11 is 12.3. The smallest absolute Gasteiger partial charge is 0.308 e. The second-order valence-electron chi connectivity index (χ2n) is 10.0. The number of halogens is 2. The number of hydrazone groups is 1. The number of fused-ring (bicyclic) bond motifs is 1. The van der Waals surface area contributed by atoms with Gasteiger partial charge in [0.2, 0.25) is 0 Å². The second kappa shape index (κ2) is 11.4. The summed E-state index contributed by atoms with van der Waals surface area (Å²) in [7, 11) is 1.43. The van der Waals surface area contributed by atoms with E-state index in [2.05, 4.69) is 11.0 Å². The number of ether oxygens (including phenoxy) is 1. The number of allylic oxidation sites excluding steroid dienone is 1. The van der Waals surface area contributed by atoms with Crippen molar-refractivity contribution in [3.05, 3.63) is 75.3 Å². The van der Waals surface area contributed by atoms with Crippen LogP contribution in [0.5, 0.6) is 0 Å². The van der Waals surface area contributed by atoms with Crippen molar-refractivity contribution in [3.63, 3.8) is 0 Å². The van der Waals surface area contributed by atoms with E-state index in [0.29, 0.717) is 36.0 Å². The van der Waals surface area contributed by atoms with Crippen molar-refractivity contribution in [3.8, 4) is 0 Å². The molecule has 2 aliphatic heterocycles.